The number of carbonyl (C=O) groups is 2. The van der Waals surface area contributed by atoms with Crippen LogP contribution in [0.15, 0.2) is 71.1 Å². The lowest BCUT2D eigenvalue weighted by Crippen LogP contribution is -2.19. The average molecular weight is 483 g/mol. The fourth-order valence-electron chi connectivity index (χ4n) is 2.85. The van der Waals surface area contributed by atoms with Gasteiger partial charge in [0, 0.05) is 22.1 Å². The molecule has 0 aliphatic carbocycles. The van der Waals surface area contributed by atoms with Crippen molar-refractivity contribution in [2.45, 2.75) is 11.3 Å². The van der Waals surface area contributed by atoms with Crippen LogP contribution < -0.4 is 16.0 Å². The van der Waals surface area contributed by atoms with Gasteiger partial charge in [-0.2, -0.15) is 0 Å². The number of nitrogens with one attached hydrogen (secondary N) is 3. The van der Waals surface area contributed by atoms with Crippen LogP contribution in [0.1, 0.15) is 5.56 Å². The Bertz CT molecular complexity index is 1280. The number of thioether (sulfide) groups is 1. The van der Waals surface area contributed by atoms with Crippen LogP contribution >= 0.6 is 34.7 Å². The summed E-state index contributed by atoms with van der Waals surface area (Å²) in [7, 11) is 0. The fourth-order valence-corrected chi connectivity index (χ4v) is 4.94. The number of aromatic nitrogens is 1. The van der Waals surface area contributed by atoms with Crippen molar-refractivity contribution < 1.29 is 9.59 Å². The van der Waals surface area contributed by atoms with Crippen molar-refractivity contribution in [3.8, 4) is 0 Å². The van der Waals surface area contributed by atoms with Crippen molar-refractivity contribution in [1.82, 2.24) is 4.98 Å². The zero-order valence-corrected chi connectivity index (χ0v) is 19.4. The number of carbonyl (C=O) groups excluding carboxylic acids is 2. The number of fused-ring (bicyclic) bond motifs is 1. The Morgan fingerprint density at radius 2 is 1.66 bits per heavy atom. The highest BCUT2D eigenvalue weighted by Crippen LogP contribution is 2.31. The second-order valence-electron chi connectivity index (χ2n) is 6.91. The van der Waals surface area contributed by atoms with E-state index in [1.54, 1.807) is 18.2 Å². The number of rotatable bonds is 6. The molecule has 0 fully saturated rings. The van der Waals surface area contributed by atoms with E-state index in [1.165, 1.54) is 23.1 Å². The lowest BCUT2D eigenvalue weighted by molar-refractivity contribution is -0.113. The van der Waals surface area contributed by atoms with E-state index in [-0.39, 0.29) is 17.7 Å². The Kier molecular flexibility index (Phi) is 6.94. The molecule has 3 amide bonds. The number of thiazole rings is 1. The minimum absolute atomic E-state index is 0.0873. The Morgan fingerprint density at radius 1 is 0.938 bits per heavy atom. The number of halogens is 1. The van der Waals surface area contributed by atoms with Crippen LogP contribution in [0.2, 0.25) is 5.02 Å². The van der Waals surface area contributed by atoms with Crippen molar-refractivity contribution in [3.63, 3.8) is 0 Å². The van der Waals surface area contributed by atoms with E-state index in [2.05, 4.69) is 20.9 Å². The van der Waals surface area contributed by atoms with Gasteiger partial charge >= 0.3 is 6.03 Å². The van der Waals surface area contributed by atoms with Gasteiger partial charge in [-0.25, -0.2) is 9.78 Å². The number of anilines is 3. The quantitative estimate of drug-likeness (QED) is 0.269. The third-order valence-corrected chi connectivity index (χ3v) is 7.01. The summed E-state index contributed by atoms with van der Waals surface area (Å²) in [5, 5.41) is 9.04. The molecule has 6 nitrogen and oxygen atoms in total. The largest absolute Gasteiger partial charge is 0.325 e. The smallest absolute Gasteiger partial charge is 0.323 e. The highest BCUT2D eigenvalue weighted by molar-refractivity contribution is 8.01. The van der Waals surface area contributed by atoms with E-state index in [4.69, 9.17) is 11.6 Å². The predicted molar refractivity (Wildman–Crippen MR) is 134 cm³/mol. The molecule has 9 heteroatoms. The summed E-state index contributed by atoms with van der Waals surface area (Å²) in [5.74, 6) is 0.178. The van der Waals surface area contributed by atoms with Crippen LogP contribution in [-0.2, 0) is 4.79 Å². The van der Waals surface area contributed by atoms with Crippen LogP contribution in [0.25, 0.3) is 10.2 Å². The van der Waals surface area contributed by atoms with Gasteiger partial charge in [0.15, 0.2) is 4.34 Å². The fraction of sp³-hybridized carbons (Fsp3) is 0.0870. The van der Waals surface area contributed by atoms with Crippen molar-refractivity contribution in [3.05, 3.63) is 77.3 Å². The third kappa shape index (κ3) is 5.79. The molecular weight excluding hydrogens is 464 g/mol. The lowest BCUT2D eigenvalue weighted by atomic mass is 10.2. The van der Waals surface area contributed by atoms with Gasteiger partial charge in [-0.1, -0.05) is 47.6 Å². The van der Waals surface area contributed by atoms with Crippen LogP contribution in [0.3, 0.4) is 0 Å². The van der Waals surface area contributed by atoms with Gasteiger partial charge in [-0.3, -0.25) is 4.79 Å². The molecule has 0 bridgehead atoms. The van der Waals surface area contributed by atoms with Crippen LogP contribution in [-0.4, -0.2) is 22.7 Å². The Labute approximate surface area is 198 Å². The molecule has 0 saturated carbocycles. The topological polar surface area (TPSA) is 83.1 Å². The average Bonchev–Trinajstić information content (AvgIpc) is 3.18. The molecule has 3 aromatic carbocycles. The first kappa shape index (κ1) is 22.1. The predicted octanol–water partition coefficient (Wildman–Crippen LogP) is 6.63. The number of hydrogen-bond acceptors (Lipinski definition) is 5. The number of aryl methyl sites for hydroxylation is 1. The molecule has 0 aliphatic rings. The number of para-hydroxylation sites is 1. The first-order valence-electron chi connectivity index (χ1n) is 9.69. The highest BCUT2D eigenvalue weighted by atomic mass is 35.5. The normalized spacial score (nSPS) is 10.7. The van der Waals surface area contributed by atoms with E-state index in [1.807, 2.05) is 55.5 Å². The minimum atomic E-state index is -0.360. The minimum Gasteiger partial charge on any atom is -0.325 e. The summed E-state index contributed by atoms with van der Waals surface area (Å²) in [6.07, 6.45) is 0. The molecule has 1 aromatic heterocycles. The van der Waals surface area contributed by atoms with E-state index >= 15 is 0 Å². The van der Waals surface area contributed by atoms with E-state index in [9.17, 15) is 9.59 Å². The standard InChI is InChI=1S/C23H19ClN4O2S2/c1-14-7-8-16(11-18(14)24)26-22(30)27-17-9-10-19-20(12-17)32-23(28-19)31-13-21(29)25-15-5-3-2-4-6-15/h2-12H,13H2,1H3,(H,25,29)(H2,26,27,30). The van der Waals surface area contributed by atoms with E-state index in [0.29, 0.717) is 16.4 Å². The number of benzene rings is 3. The van der Waals surface area contributed by atoms with Gasteiger partial charge < -0.3 is 16.0 Å². The zero-order chi connectivity index (χ0) is 22.5. The van der Waals surface area contributed by atoms with E-state index < -0.39 is 0 Å². The van der Waals surface area contributed by atoms with Crippen molar-refractivity contribution in [1.29, 1.82) is 0 Å². The second kappa shape index (κ2) is 10.0. The lowest BCUT2D eigenvalue weighted by Gasteiger charge is -2.08. The van der Waals surface area contributed by atoms with Gasteiger partial charge in [0.2, 0.25) is 5.91 Å². The number of hydrogen-bond donors (Lipinski definition) is 3. The van der Waals surface area contributed by atoms with Crippen molar-refractivity contribution in [2.75, 3.05) is 21.7 Å². The number of amides is 3. The highest BCUT2D eigenvalue weighted by Gasteiger charge is 2.10. The first-order valence-corrected chi connectivity index (χ1v) is 11.9. The molecule has 4 rings (SSSR count). The van der Waals surface area contributed by atoms with Crippen molar-refractivity contribution >= 4 is 73.9 Å². The molecule has 3 N–H and O–H groups in total. The molecule has 0 spiro atoms. The maximum absolute atomic E-state index is 12.3. The summed E-state index contributed by atoms with van der Waals surface area (Å²) in [6.45, 7) is 1.90. The summed E-state index contributed by atoms with van der Waals surface area (Å²) < 4.78 is 1.71. The van der Waals surface area contributed by atoms with Gasteiger partial charge in [-0.15, -0.1) is 11.3 Å². The maximum Gasteiger partial charge on any atom is 0.323 e. The third-order valence-electron chi connectivity index (χ3n) is 4.44. The molecule has 0 saturated heterocycles. The molecule has 0 radical (unpaired) electrons. The van der Waals surface area contributed by atoms with Crippen molar-refractivity contribution in [2.24, 2.45) is 0 Å². The summed E-state index contributed by atoms with van der Waals surface area (Å²) in [6, 6.07) is 19.8. The molecule has 0 aliphatic heterocycles. The number of nitrogens with zero attached hydrogens (tertiary/aromatic N) is 1. The van der Waals surface area contributed by atoms with Gasteiger partial charge in [0.1, 0.15) is 0 Å². The van der Waals surface area contributed by atoms with Gasteiger partial charge in [-0.05, 0) is 55.0 Å². The Morgan fingerprint density at radius 3 is 2.41 bits per heavy atom. The second-order valence-corrected chi connectivity index (χ2v) is 9.57. The summed E-state index contributed by atoms with van der Waals surface area (Å²) in [4.78, 5) is 29.0. The SMILES string of the molecule is Cc1ccc(NC(=O)Nc2ccc3nc(SCC(=O)Nc4ccccc4)sc3c2)cc1Cl. The van der Waals surface area contributed by atoms with Crippen LogP contribution in [0, 0.1) is 6.92 Å². The maximum atomic E-state index is 12.3. The van der Waals surface area contributed by atoms with Gasteiger partial charge in [0.05, 0.1) is 16.0 Å². The number of urea groups is 1. The first-order chi connectivity index (χ1) is 15.5. The molecule has 0 unspecified atom stereocenters. The van der Waals surface area contributed by atoms with E-state index in [0.717, 1.165) is 25.8 Å². The van der Waals surface area contributed by atoms with Crippen LogP contribution in [0.4, 0.5) is 21.9 Å². The summed E-state index contributed by atoms with van der Waals surface area (Å²) in [5.41, 5.74) is 3.79. The molecule has 1 heterocycles. The molecule has 4 aromatic rings. The molecular formula is C23H19ClN4O2S2. The zero-order valence-electron chi connectivity index (χ0n) is 17.0. The molecule has 32 heavy (non-hydrogen) atoms. The Balaban J connectivity index is 1.35. The van der Waals surface area contributed by atoms with Crippen LogP contribution in [0.5, 0.6) is 0 Å². The summed E-state index contributed by atoms with van der Waals surface area (Å²) >= 11 is 8.96. The Hall–Kier alpha value is -3.07. The molecule has 0 atom stereocenters. The van der Waals surface area contributed by atoms with Gasteiger partial charge in [0.25, 0.3) is 0 Å². The molecule has 162 valence electrons. The monoisotopic (exact) mass is 482 g/mol.